The summed E-state index contributed by atoms with van der Waals surface area (Å²) < 4.78 is 1.57. The van der Waals surface area contributed by atoms with E-state index in [9.17, 15) is 4.79 Å². The summed E-state index contributed by atoms with van der Waals surface area (Å²) in [5.41, 5.74) is 8.85. The van der Waals surface area contributed by atoms with E-state index >= 15 is 0 Å². The van der Waals surface area contributed by atoms with Gasteiger partial charge in [0.15, 0.2) is 0 Å². The zero-order chi connectivity index (χ0) is 15.6. The van der Waals surface area contributed by atoms with Gasteiger partial charge in [0.05, 0.1) is 17.4 Å². The first-order chi connectivity index (χ1) is 9.97. The van der Waals surface area contributed by atoms with Crippen LogP contribution < -0.4 is 5.73 Å². The molecular weight excluding hydrogens is 264 g/mol. The van der Waals surface area contributed by atoms with Crippen molar-refractivity contribution in [3.05, 3.63) is 47.3 Å². The van der Waals surface area contributed by atoms with Crippen molar-refractivity contribution in [2.75, 3.05) is 12.8 Å². The maximum absolute atomic E-state index is 12.7. The standard InChI is InChI=1S/C16H22N4O/c1-5-13-14(17)15(20(4)18-13)16(21)19(3)11(2)12-9-7-6-8-10-12/h6-11H,5,17H2,1-4H3. The maximum Gasteiger partial charge on any atom is 0.274 e. The zero-order valence-electron chi connectivity index (χ0n) is 13.0. The molecule has 2 rings (SSSR count). The lowest BCUT2D eigenvalue weighted by Crippen LogP contribution is -2.31. The predicted molar refractivity (Wildman–Crippen MR) is 83.9 cm³/mol. The Morgan fingerprint density at radius 2 is 2.00 bits per heavy atom. The van der Waals surface area contributed by atoms with Gasteiger partial charge in [-0.1, -0.05) is 37.3 Å². The molecule has 2 aromatic rings. The second-order valence-electron chi connectivity index (χ2n) is 5.19. The molecule has 0 aliphatic rings. The summed E-state index contributed by atoms with van der Waals surface area (Å²) in [6.07, 6.45) is 0.713. The quantitative estimate of drug-likeness (QED) is 0.938. The van der Waals surface area contributed by atoms with Crippen LogP contribution in [0.25, 0.3) is 0 Å². The number of carbonyl (C=O) groups is 1. The Bertz CT molecular complexity index is 633. The predicted octanol–water partition coefficient (Wildman–Crippen LogP) is 2.40. The molecule has 1 unspecified atom stereocenters. The number of hydrogen-bond donors (Lipinski definition) is 1. The van der Waals surface area contributed by atoms with Crippen molar-refractivity contribution in [2.45, 2.75) is 26.3 Å². The van der Waals surface area contributed by atoms with E-state index in [1.54, 1.807) is 23.7 Å². The van der Waals surface area contributed by atoms with Crippen molar-refractivity contribution in [3.8, 4) is 0 Å². The third-order valence-electron chi connectivity index (χ3n) is 3.88. The van der Waals surface area contributed by atoms with Crippen LogP contribution >= 0.6 is 0 Å². The van der Waals surface area contributed by atoms with E-state index in [1.807, 2.05) is 44.2 Å². The Morgan fingerprint density at radius 1 is 1.38 bits per heavy atom. The number of benzene rings is 1. The number of aromatic nitrogens is 2. The molecule has 5 heteroatoms. The van der Waals surface area contributed by atoms with Crippen LogP contribution in [0, 0.1) is 0 Å². The molecule has 1 atom stereocenters. The first-order valence-electron chi connectivity index (χ1n) is 7.10. The number of aryl methyl sites for hydroxylation is 2. The molecule has 1 aromatic carbocycles. The molecular formula is C16H22N4O. The molecule has 0 fully saturated rings. The van der Waals surface area contributed by atoms with E-state index in [-0.39, 0.29) is 11.9 Å². The van der Waals surface area contributed by atoms with Gasteiger partial charge in [-0.05, 0) is 18.9 Å². The highest BCUT2D eigenvalue weighted by Gasteiger charge is 2.25. The molecule has 112 valence electrons. The fourth-order valence-corrected chi connectivity index (χ4v) is 2.41. The van der Waals surface area contributed by atoms with Crippen LogP contribution in [0.1, 0.15) is 41.6 Å². The van der Waals surface area contributed by atoms with Crippen molar-refractivity contribution in [3.63, 3.8) is 0 Å². The first-order valence-corrected chi connectivity index (χ1v) is 7.10. The molecule has 0 saturated heterocycles. The normalized spacial score (nSPS) is 12.2. The van der Waals surface area contributed by atoms with Crippen LogP contribution in [0.4, 0.5) is 5.69 Å². The van der Waals surface area contributed by atoms with E-state index in [2.05, 4.69) is 5.10 Å². The largest absolute Gasteiger partial charge is 0.395 e. The molecule has 0 bridgehead atoms. The minimum atomic E-state index is -0.112. The van der Waals surface area contributed by atoms with Crippen molar-refractivity contribution in [1.82, 2.24) is 14.7 Å². The van der Waals surface area contributed by atoms with Crippen molar-refractivity contribution < 1.29 is 4.79 Å². The Hall–Kier alpha value is -2.30. The number of nitrogens with zero attached hydrogens (tertiary/aromatic N) is 3. The molecule has 0 spiro atoms. The Balaban J connectivity index is 2.30. The highest BCUT2D eigenvalue weighted by atomic mass is 16.2. The second kappa shape index (κ2) is 5.99. The minimum Gasteiger partial charge on any atom is -0.395 e. The highest BCUT2D eigenvalue weighted by Crippen LogP contribution is 2.24. The van der Waals surface area contributed by atoms with Gasteiger partial charge in [0.2, 0.25) is 0 Å². The zero-order valence-corrected chi connectivity index (χ0v) is 13.0. The molecule has 21 heavy (non-hydrogen) atoms. The van der Waals surface area contributed by atoms with Crippen LogP contribution in [-0.2, 0) is 13.5 Å². The van der Waals surface area contributed by atoms with E-state index < -0.39 is 0 Å². The lowest BCUT2D eigenvalue weighted by atomic mass is 10.1. The molecule has 0 saturated carbocycles. The summed E-state index contributed by atoms with van der Waals surface area (Å²) in [6, 6.07) is 9.90. The van der Waals surface area contributed by atoms with Gasteiger partial charge >= 0.3 is 0 Å². The lowest BCUT2D eigenvalue weighted by Gasteiger charge is -2.25. The van der Waals surface area contributed by atoms with Gasteiger partial charge in [-0.15, -0.1) is 0 Å². The molecule has 1 aromatic heterocycles. The second-order valence-corrected chi connectivity index (χ2v) is 5.19. The molecule has 5 nitrogen and oxygen atoms in total. The van der Waals surface area contributed by atoms with Gasteiger partial charge in [0.25, 0.3) is 5.91 Å². The first kappa shape index (κ1) is 15.1. The number of anilines is 1. The van der Waals surface area contributed by atoms with Crippen LogP contribution in [0.2, 0.25) is 0 Å². The minimum absolute atomic E-state index is 0.0296. The Labute approximate surface area is 125 Å². The molecule has 2 N–H and O–H groups in total. The Kier molecular flexibility index (Phi) is 4.31. The molecule has 0 aliphatic heterocycles. The maximum atomic E-state index is 12.7. The van der Waals surface area contributed by atoms with Crippen LogP contribution in [0.3, 0.4) is 0 Å². The van der Waals surface area contributed by atoms with Crippen molar-refractivity contribution in [2.24, 2.45) is 7.05 Å². The fraction of sp³-hybridized carbons (Fsp3) is 0.375. The molecule has 1 heterocycles. The Morgan fingerprint density at radius 3 is 2.52 bits per heavy atom. The summed E-state index contributed by atoms with van der Waals surface area (Å²) in [5.74, 6) is -0.112. The topological polar surface area (TPSA) is 64.2 Å². The number of amides is 1. The fourth-order valence-electron chi connectivity index (χ4n) is 2.41. The highest BCUT2D eigenvalue weighted by molar-refractivity contribution is 5.98. The van der Waals surface area contributed by atoms with Crippen LogP contribution in [-0.4, -0.2) is 27.6 Å². The summed E-state index contributed by atoms with van der Waals surface area (Å²) in [7, 11) is 3.54. The van der Waals surface area contributed by atoms with Gasteiger partial charge in [0, 0.05) is 14.1 Å². The van der Waals surface area contributed by atoms with Crippen LogP contribution in [0.5, 0.6) is 0 Å². The summed E-state index contributed by atoms with van der Waals surface area (Å²) in [6.45, 7) is 3.98. The van der Waals surface area contributed by atoms with Gasteiger partial charge in [-0.3, -0.25) is 9.48 Å². The lowest BCUT2D eigenvalue weighted by molar-refractivity contribution is 0.0732. The number of nitrogen functional groups attached to an aromatic ring is 1. The monoisotopic (exact) mass is 286 g/mol. The van der Waals surface area contributed by atoms with Gasteiger partial charge < -0.3 is 10.6 Å². The van der Waals surface area contributed by atoms with Gasteiger partial charge in [-0.25, -0.2) is 0 Å². The van der Waals surface area contributed by atoms with Crippen molar-refractivity contribution >= 4 is 11.6 Å². The van der Waals surface area contributed by atoms with Crippen LogP contribution in [0.15, 0.2) is 30.3 Å². The van der Waals surface area contributed by atoms with Crippen molar-refractivity contribution in [1.29, 1.82) is 0 Å². The van der Waals surface area contributed by atoms with Gasteiger partial charge in [0.1, 0.15) is 5.69 Å². The SMILES string of the molecule is CCc1nn(C)c(C(=O)N(C)C(C)c2ccccc2)c1N. The smallest absolute Gasteiger partial charge is 0.274 e. The molecule has 1 amide bonds. The molecule has 0 radical (unpaired) electrons. The van der Waals surface area contributed by atoms with Gasteiger partial charge in [-0.2, -0.15) is 5.10 Å². The number of carbonyl (C=O) groups excluding carboxylic acids is 1. The number of hydrogen-bond acceptors (Lipinski definition) is 3. The third-order valence-corrected chi connectivity index (χ3v) is 3.88. The average molecular weight is 286 g/mol. The number of rotatable bonds is 4. The van der Waals surface area contributed by atoms with E-state index in [0.29, 0.717) is 17.8 Å². The van der Waals surface area contributed by atoms with E-state index in [1.165, 1.54) is 0 Å². The molecule has 0 aliphatic carbocycles. The summed E-state index contributed by atoms with van der Waals surface area (Å²) >= 11 is 0. The third kappa shape index (κ3) is 2.77. The number of nitrogens with two attached hydrogens (primary N) is 1. The van der Waals surface area contributed by atoms with E-state index in [0.717, 1.165) is 11.3 Å². The van der Waals surface area contributed by atoms with E-state index in [4.69, 9.17) is 5.73 Å². The average Bonchev–Trinajstić information content (AvgIpc) is 2.80. The summed E-state index contributed by atoms with van der Waals surface area (Å²) in [4.78, 5) is 14.4. The summed E-state index contributed by atoms with van der Waals surface area (Å²) in [5, 5.41) is 4.31.